The average molecular weight is 200 g/mol. The van der Waals surface area contributed by atoms with Crippen LogP contribution in [0, 0.1) is 0 Å². The molecule has 0 spiro atoms. The Labute approximate surface area is 78.8 Å². The van der Waals surface area contributed by atoms with E-state index < -0.39 is 11.9 Å². The highest BCUT2D eigenvalue weighted by Gasteiger charge is 2.14. The Morgan fingerprint density at radius 3 is 2.77 bits per heavy atom. The molecule has 0 aliphatic carbocycles. The Hall–Kier alpha value is -1.36. The van der Waals surface area contributed by atoms with E-state index in [0.717, 1.165) is 0 Å². The van der Waals surface area contributed by atoms with Crippen LogP contribution in [-0.2, 0) is 4.79 Å². The largest absolute Gasteiger partial charge is 0.478 e. The van der Waals surface area contributed by atoms with E-state index in [1.807, 2.05) is 0 Å². The van der Waals surface area contributed by atoms with Crippen LogP contribution in [0.25, 0.3) is 0 Å². The predicted octanol–water partition coefficient (Wildman–Crippen LogP) is 1.76. The maximum absolute atomic E-state index is 10.8. The number of thiophene rings is 1. The summed E-state index contributed by atoms with van der Waals surface area (Å²) in [6.45, 7) is 1.65. The Balaban J connectivity index is 2.82. The topological polar surface area (TPSA) is 63.6 Å². The van der Waals surface area contributed by atoms with Gasteiger partial charge in [0.2, 0.25) is 0 Å². The highest BCUT2D eigenvalue weighted by molar-refractivity contribution is 7.08. The molecule has 0 atom stereocenters. The fourth-order valence-electron chi connectivity index (χ4n) is 0.715. The molecule has 1 N–H and O–H groups in total. The first-order valence-electron chi connectivity index (χ1n) is 3.65. The van der Waals surface area contributed by atoms with Crippen molar-refractivity contribution in [3.8, 4) is 5.75 Å². The average Bonchev–Trinajstić information content (AvgIpc) is 2.52. The zero-order valence-electron chi connectivity index (χ0n) is 6.94. The number of carboxylic acids is 1. The molecule has 0 amide bonds. The van der Waals surface area contributed by atoms with Crippen molar-refractivity contribution in [3.63, 3.8) is 0 Å². The van der Waals surface area contributed by atoms with Crippen LogP contribution in [-0.4, -0.2) is 17.0 Å². The number of rotatable bonds is 3. The molecule has 0 aliphatic rings. The highest BCUT2D eigenvalue weighted by atomic mass is 32.1. The van der Waals surface area contributed by atoms with Gasteiger partial charge in [-0.25, -0.2) is 4.79 Å². The van der Waals surface area contributed by atoms with E-state index in [9.17, 15) is 9.59 Å². The van der Waals surface area contributed by atoms with Crippen molar-refractivity contribution in [2.24, 2.45) is 0 Å². The minimum atomic E-state index is -1.08. The Morgan fingerprint density at radius 2 is 2.23 bits per heavy atom. The zero-order valence-corrected chi connectivity index (χ0v) is 7.76. The summed E-state index contributed by atoms with van der Waals surface area (Å²) in [4.78, 5) is 21.4. The molecule has 0 aromatic carbocycles. The minimum Gasteiger partial charge on any atom is -0.478 e. The van der Waals surface area contributed by atoms with Gasteiger partial charge in [0.15, 0.2) is 5.75 Å². The lowest BCUT2D eigenvalue weighted by molar-refractivity contribution is -0.134. The van der Waals surface area contributed by atoms with Crippen LogP contribution in [0.1, 0.15) is 23.7 Å². The molecule has 1 rings (SSSR count). The van der Waals surface area contributed by atoms with Gasteiger partial charge in [-0.05, 0) is 0 Å². The summed E-state index contributed by atoms with van der Waals surface area (Å²) in [5, 5.41) is 11.6. The lowest BCUT2D eigenvalue weighted by atomic mass is 10.3. The number of hydrogen-bond donors (Lipinski definition) is 1. The second-order valence-corrected chi connectivity index (χ2v) is 3.03. The number of carbonyl (C=O) groups is 2. The van der Waals surface area contributed by atoms with E-state index in [1.54, 1.807) is 6.92 Å². The lowest BCUT2D eigenvalue weighted by Gasteiger charge is -2.00. The first-order valence-corrected chi connectivity index (χ1v) is 4.59. The van der Waals surface area contributed by atoms with Gasteiger partial charge < -0.3 is 9.84 Å². The molecule has 0 unspecified atom stereocenters. The number of carboxylic acid groups (broad SMARTS) is 1. The molecular formula is C8H8O4S. The van der Waals surface area contributed by atoms with Gasteiger partial charge in [-0.2, -0.15) is 0 Å². The summed E-state index contributed by atoms with van der Waals surface area (Å²) >= 11 is 1.19. The molecule has 13 heavy (non-hydrogen) atoms. The molecule has 4 nitrogen and oxygen atoms in total. The summed E-state index contributed by atoms with van der Waals surface area (Å²) in [5.41, 5.74) is 0.0341. The van der Waals surface area contributed by atoms with Gasteiger partial charge >= 0.3 is 11.9 Å². The van der Waals surface area contributed by atoms with Crippen LogP contribution in [0.5, 0.6) is 5.75 Å². The van der Waals surface area contributed by atoms with E-state index in [2.05, 4.69) is 0 Å². The van der Waals surface area contributed by atoms with Crippen molar-refractivity contribution < 1.29 is 19.4 Å². The van der Waals surface area contributed by atoms with Crippen molar-refractivity contribution in [1.29, 1.82) is 0 Å². The molecule has 1 aromatic heterocycles. The smallest absolute Gasteiger partial charge is 0.340 e. The lowest BCUT2D eigenvalue weighted by Crippen LogP contribution is -2.07. The summed E-state index contributed by atoms with van der Waals surface area (Å²) < 4.78 is 4.79. The standard InChI is InChI=1S/C8H8O4S/c1-2-7(9)12-6-4-13-3-5(6)8(10)11/h3-4H,2H2,1H3,(H,10,11). The van der Waals surface area contributed by atoms with E-state index in [1.165, 1.54) is 22.1 Å². The molecule has 0 bridgehead atoms. The molecule has 0 aliphatic heterocycles. The Kier molecular flexibility index (Phi) is 3.02. The van der Waals surface area contributed by atoms with Crippen LogP contribution in [0.3, 0.4) is 0 Å². The van der Waals surface area contributed by atoms with E-state index >= 15 is 0 Å². The van der Waals surface area contributed by atoms with Gasteiger partial charge in [0.05, 0.1) is 0 Å². The molecule has 1 aromatic rings. The molecular weight excluding hydrogens is 192 g/mol. The van der Waals surface area contributed by atoms with Gasteiger partial charge in [0, 0.05) is 17.2 Å². The van der Waals surface area contributed by atoms with Crippen LogP contribution in [0.2, 0.25) is 0 Å². The van der Waals surface area contributed by atoms with Crippen molar-refractivity contribution >= 4 is 23.3 Å². The molecule has 0 saturated heterocycles. The van der Waals surface area contributed by atoms with Gasteiger partial charge in [-0.15, -0.1) is 11.3 Å². The molecule has 1 heterocycles. The van der Waals surface area contributed by atoms with Gasteiger partial charge in [-0.3, -0.25) is 4.79 Å². The maximum Gasteiger partial charge on any atom is 0.340 e. The maximum atomic E-state index is 10.8. The first-order chi connectivity index (χ1) is 6.15. The zero-order chi connectivity index (χ0) is 9.84. The fourth-order valence-corrected chi connectivity index (χ4v) is 1.43. The summed E-state index contributed by atoms with van der Waals surface area (Å²) in [6, 6.07) is 0. The molecule has 0 radical (unpaired) electrons. The number of carbonyl (C=O) groups excluding carboxylic acids is 1. The summed E-state index contributed by atoms with van der Waals surface area (Å²) in [5.74, 6) is -1.38. The predicted molar refractivity (Wildman–Crippen MR) is 47.2 cm³/mol. The van der Waals surface area contributed by atoms with Crippen molar-refractivity contribution in [1.82, 2.24) is 0 Å². The number of hydrogen-bond acceptors (Lipinski definition) is 4. The Morgan fingerprint density at radius 1 is 1.54 bits per heavy atom. The SMILES string of the molecule is CCC(=O)Oc1cscc1C(=O)O. The Bertz CT molecular complexity index is 329. The van der Waals surface area contributed by atoms with Crippen molar-refractivity contribution in [2.75, 3.05) is 0 Å². The van der Waals surface area contributed by atoms with Gasteiger partial charge in [-0.1, -0.05) is 6.92 Å². The van der Waals surface area contributed by atoms with Gasteiger partial charge in [0.25, 0.3) is 0 Å². The monoisotopic (exact) mass is 200 g/mol. The second-order valence-electron chi connectivity index (χ2n) is 2.28. The third-order valence-electron chi connectivity index (χ3n) is 1.37. The van der Waals surface area contributed by atoms with E-state index in [4.69, 9.17) is 9.84 Å². The molecule has 70 valence electrons. The van der Waals surface area contributed by atoms with E-state index in [0.29, 0.717) is 0 Å². The third-order valence-corrected chi connectivity index (χ3v) is 2.09. The first kappa shape index (κ1) is 9.73. The van der Waals surface area contributed by atoms with Crippen molar-refractivity contribution in [3.05, 3.63) is 16.3 Å². The summed E-state index contributed by atoms with van der Waals surface area (Å²) in [6.07, 6.45) is 0.231. The highest BCUT2D eigenvalue weighted by Crippen LogP contribution is 2.23. The molecule has 5 heteroatoms. The normalized spacial score (nSPS) is 9.62. The van der Waals surface area contributed by atoms with E-state index in [-0.39, 0.29) is 17.7 Å². The second kappa shape index (κ2) is 4.04. The minimum absolute atomic E-state index is 0.0341. The third kappa shape index (κ3) is 2.29. The number of ether oxygens (including phenoxy) is 1. The number of aromatic carboxylic acids is 1. The quantitative estimate of drug-likeness (QED) is 0.755. The molecule has 0 fully saturated rings. The van der Waals surface area contributed by atoms with Crippen molar-refractivity contribution in [2.45, 2.75) is 13.3 Å². The molecule has 0 saturated carbocycles. The fraction of sp³-hybridized carbons (Fsp3) is 0.250. The van der Waals surface area contributed by atoms with Crippen LogP contribution in [0.4, 0.5) is 0 Å². The van der Waals surface area contributed by atoms with Crippen LogP contribution < -0.4 is 4.74 Å². The van der Waals surface area contributed by atoms with Crippen LogP contribution in [0.15, 0.2) is 10.8 Å². The number of esters is 1. The summed E-state index contributed by atoms with van der Waals surface area (Å²) in [7, 11) is 0. The van der Waals surface area contributed by atoms with Crippen LogP contribution >= 0.6 is 11.3 Å². The van der Waals surface area contributed by atoms with Gasteiger partial charge in [0.1, 0.15) is 5.56 Å².